The lowest BCUT2D eigenvalue weighted by Crippen LogP contribution is -2.51. The molecule has 3 amide bonds. The topological polar surface area (TPSA) is 86.4 Å². The number of nitrogens with zero attached hydrogens (tertiary/aromatic N) is 2. The summed E-state index contributed by atoms with van der Waals surface area (Å²) in [6, 6.07) is 3.53. The number of rotatable bonds is 4. The number of hydrogen-bond donors (Lipinski definition) is 3. The highest BCUT2D eigenvalue weighted by atomic mass is 16.2. The zero-order valence-corrected chi connectivity index (χ0v) is 12.1. The first kappa shape index (κ1) is 15.4. The normalized spacial score (nSPS) is 19.0. The van der Waals surface area contributed by atoms with Crippen molar-refractivity contribution < 1.29 is 9.59 Å². The van der Waals surface area contributed by atoms with E-state index in [0.717, 1.165) is 25.2 Å². The van der Waals surface area contributed by atoms with Crippen LogP contribution in [0.1, 0.15) is 18.5 Å². The number of carbonyl (C=O) groups is 2. The van der Waals surface area contributed by atoms with Crippen LogP contribution in [0.3, 0.4) is 0 Å². The summed E-state index contributed by atoms with van der Waals surface area (Å²) in [5.74, 6) is -0.295. The minimum Gasteiger partial charge on any atom is -0.338 e. The predicted molar refractivity (Wildman–Crippen MR) is 78.6 cm³/mol. The lowest BCUT2D eigenvalue weighted by atomic mass is 10.1. The summed E-state index contributed by atoms with van der Waals surface area (Å²) in [6.45, 7) is 4.83. The van der Waals surface area contributed by atoms with Gasteiger partial charge in [-0.2, -0.15) is 0 Å². The Bertz CT molecular complexity index is 480. The van der Waals surface area contributed by atoms with Gasteiger partial charge in [0, 0.05) is 44.6 Å². The lowest BCUT2D eigenvalue weighted by Gasteiger charge is -2.35. The second-order valence-corrected chi connectivity index (χ2v) is 4.88. The van der Waals surface area contributed by atoms with Gasteiger partial charge in [0.1, 0.15) is 0 Å². The summed E-state index contributed by atoms with van der Waals surface area (Å²) >= 11 is 0. The van der Waals surface area contributed by atoms with E-state index in [0.29, 0.717) is 6.54 Å². The standard InChI is InChI=1S/C14H21N5O2/c1-2-17-14(21)18-13(20)10-19-7-6-16-9-12(19)11-4-3-5-15-8-11/h3-5,8,12,16H,2,6-7,9-10H2,1H3,(H2,17,18,20,21). The molecule has 1 atom stereocenters. The Morgan fingerprint density at radius 3 is 3.10 bits per heavy atom. The van der Waals surface area contributed by atoms with E-state index < -0.39 is 6.03 Å². The van der Waals surface area contributed by atoms with Crippen LogP contribution in [0.25, 0.3) is 0 Å². The highest BCUT2D eigenvalue weighted by Gasteiger charge is 2.25. The van der Waals surface area contributed by atoms with Crippen molar-refractivity contribution >= 4 is 11.9 Å². The van der Waals surface area contributed by atoms with E-state index in [1.165, 1.54) is 0 Å². The van der Waals surface area contributed by atoms with E-state index in [-0.39, 0.29) is 18.5 Å². The molecule has 1 aliphatic heterocycles. The van der Waals surface area contributed by atoms with E-state index in [1.54, 1.807) is 13.1 Å². The van der Waals surface area contributed by atoms with Crippen LogP contribution in [-0.2, 0) is 4.79 Å². The van der Waals surface area contributed by atoms with Gasteiger partial charge in [-0.1, -0.05) is 6.07 Å². The molecule has 21 heavy (non-hydrogen) atoms. The number of amides is 3. The van der Waals surface area contributed by atoms with Crippen LogP contribution in [0.5, 0.6) is 0 Å². The number of aromatic nitrogens is 1. The van der Waals surface area contributed by atoms with Crippen molar-refractivity contribution in [1.29, 1.82) is 0 Å². The molecule has 7 nitrogen and oxygen atoms in total. The molecule has 0 aliphatic carbocycles. The average Bonchev–Trinajstić information content (AvgIpc) is 2.48. The molecule has 0 spiro atoms. The molecule has 1 saturated heterocycles. The molecule has 2 heterocycles. The Hall–Kier alpha value is -1.99. The van der Waals surface area contributed by atoms with Crippen LogP contribution >= 0.6 is 0 Å². The van der Waals surface area contributed by atoms with Crippen LogP contribution in [-0.4, -0.2) is 54.5 Å². The van der Waals surface area contributed by atoms with Gasteiger partial charge in [0.15, 0.2) is 0 Å². The first-order chi connectivity index (χ1) is 10.2. The van der Waals surface area contributed by atoms with Crippen molar-refractivity contribution in [2.45, 2.75) is 13.0 Å². The Morgan fingerprint density at radius 1 is 1.52 bits per heavy atom. The van der Waals surface area contributed by atoms with Gasteiger partial charge in [-0.25, -0.2) is 4.79 Å². The second-order valence-electron chi connectivity index (χ2n) is 4.88. The van der Waals surface area contributed by atoms with Crippen molar-refractivity contribution in [2.75, 3.05) is 32.7 Å². The molecular weight excluding hydrogens is 270 g/mol. The molecule has 0 radical (unpaired) electrons. The van der Waals surface area contributed by atoms with Gasteiger partial charge < -0.3 is 10.6 Å². The maximum Gasteiger partial charge on any atom is 0.321 e. The first-order valence-corrected chi connectivity index (χ1v) is 7.13. The molecule has 1 aliphatic rings. The van der Waals surface area contributed by atoms with E-state index in [1.807, 2.05) is 18.3 Å². The molecule has 1 aromatic heterocycles. The fourth-order valence-corrected chi connectivity index (χ4v) is 2.39. The summed E-state index contributed by atoms with van der Waals surface area (Å²) in [6.07, 6.45) is 3.54. The van der Waals surface area contributed by atoms with Crippen molar-refractivity contribution in [1.82, 2.24) is 25.8 Å². The Morgan fingerprint density at radius 2 is 2.38 bits per heavy atom. The molecule has 1 aromatic rings. The van der Waals surface area contributed by atoms with E-state index in [9.17, 15) is 9.59 Å². The fraction of sp³-hybridized carbons (Fsp3) is 0.500. The molecule has 1 fully saturated rings. The number of hydrogen-bond acceptors (Lipinski definition) is 5. The van der Waals surface area contributed by atoms with Gasteiger partial charge >= 0.3 is 6.03 Å². The third kappa shape index (κ3) is 4.51. The molecule has 114 valence electrons. The summed E-state index contributed by atoms with van der Waals surface area (Å²) < 4.78 is 0. The molecule has 0 aromatic carbocycles. The average molecular weight is 291 g/mol. The van der Waals surface area contributed by atoms with E-state index in [4.69, 9.17) is 0 Å². The zero-order chi connectivity index (χ0) is 15.1. The molecule has 2 rings (SSSR count). The fourth-order valence-electron chi connectivity index (χ4n) is 2.39. The van der Waals surface area contributed by atoms with Crippen LogP contribution in [0, 0.1) is 0 Å². The number of pyridine rings is 1. The number of imide groups is 1. The van der Waals surface area contributed by atoms with Gasteiger partial charge in [0.05, 0.1) is 6.54 Å². The Labute approximate surface area is 124 Å². The van der Waals surface area contributed by atoms with E-state index >= 15 is 0 Å². The zero-order valence-electron chi connectivity index (χ0n) is 12.1. The number of carbonyl (C=O) groups excluding carboxylic acids is 2. The number of urea groups is 1. The molecule has 7 heteroatoms. The van der Waals surface area contributed by atoms with Crippen molar-refractivity contribution in [3.05, 3.63) is 30.1 Å². The summed E-state index contributed by atoms with van der Waals surface area (Å²) in [5.41, 5.74) is 1.07. The van der Waals surface area contributed by atoms with Gasteiger partial charge in [-0.3, -0.25) is 20.0 Å². The molecule has 3 N–H and O–H groups in total. The minimum absolute atomic E-state index is 0.0902. The summed E-state index contributed by atoms with van der Waals surface area (Å²) in [5, 5.41) is 8.20. The summed E-state index contributed by atoms with van der Waals surface area (Å²) in [7, 11) is 0. The molecule has 0 bridgehead atoms. The molecule has 1 unspecified atom stereocenters. The lowest BCUT2D eigenvalue weighted by molar-refractivity contribution is -0.122. The smallest absolute Gasteiger partial charge is 0.321 e. The van der Waals surface area contributed by atoms with Crippen molar-refractivity contribution in [3.8, 4) is 0 Å². The third-order valence-corrected chi connectivity index (χ3v) is 3.36. The maximum absolute atomic E-state index is 11.9. The van der Waals surface area contributed by atoms with Crippen LogP contribution in [0.2, 0.25) is 0 Å². The van der Waals surface area contributed by atoms with Gasteiger partial charge in [-0.15, -0.1) is 0 Å². The molecule has 0 saturated carbocycles. The Balaban J connectivity index is 1.96. The highest BCUT2D eigenvalue weighted by molar-refractivity contribution is 5.95. The van der Waals surface area contributed by atoms with Crippen LogP contribution in [0.4, 0.5) is 4.79 Å². The third-order valence-electron chi connectivity index (χ3n) is 3.36. The highest BCUT2D eigenvalue weighted by Crippen LogP contribution is 2.20. The predicted octanol–water partition coefficient (Wildman–Crippen LogP) is -0.126. The quantitative estimate of drug-likeness (QED) is 0.719. The van der Waals surface area contributed by atoms with Gasteiger partial charge in [0.2, 0.25) is 5.91 Å². The number of piperazine rings is 1. The Kier molecular flexibility index (Phi) is 5.65. The second kappa shape index (κ2) is 7.70. The van der Waals surface area contributed by atoms with Gasteiger partial charge in [-0.05, 0) is 18.6 Å². The monoisotopic (exact) mass is 291 g/mol. The number of nitrogens with one attached hydrogen (secondary N) is 3. The summed E-state index contributed by atoms with van der Waals surface area (Å²) in [4.78, 5) is 29.5. The minimum atomic E-state index is -0.449. The van der Waals surface area contributed by atoms with Crippen molar-refractivity contribution in [2.24, 2.45) is 0 Å². The van der Waals surface area contributed by atoms with Crippen LogP contribution < -0.4 is 16.0 Å². The maximum atomic E-state index is 11.9. The molecular formula is C14H21N5O2. The largest absolute Gasteiger partial charge is 0.338 e. The first-order valence-electron chi connectivity index (χ1n) is 7.13. The van der Waals surface area contributed by atoms with Gasteiger partial charge in [0.25, 0.3) is 0 Å². The van der Waals surface area contributed by atoms with E-state index in [2.05, 4.69) is 25.8 Å². The van der Waals surface area contributed by atoms with Crippen LogP contribution in [0.15, 0.2) is 24.5 Å². The SMILES string of the molecule is CCNC(=O)NC(=O)CN1CCNCC1c1cccnc1. The van der Waals surface area contributed by atoms with Crippen molar-refractivity contribution in [3.63, 3.8) is 0 Å².